The van der Waals surface area contributed by atoms with Crippen LogP contribution in [0.4, 0.5) is 4.39 Å². The van der Waals surface area contributed by atoms with E-state index in [1.54, 1.807) is 35.2 Å². The molecule has 156 valence electrons. The van der Waals surface area contributed by atoms with E-state index < -0.39 is 0 Å². The highest BCUT2D eigenvalue weighted by Crippen LogP contribution is 2.36. The second kappa shape index (κ2) is 9.41. The number of methoxy groups -OCH3 is 2. The Morgan fingerprint density at radius 1 is 1.20 bits per heavy atom. The van der Waals surface area contributed by atoms with E-state index in [0.29, 0.717) is 16.9 Å². The summed E-state index contributed by atoms with van der Waals surface area (Å²) >= 11 is 1.43. The van der Waals surface area contributed by atoms with Crippen molar-refractivity contribution in [3.05, 3.63) is 70.1 Å². The van der Waals surface area contributed by atoms with Gasteiger partial charge < -0.3 is 14.6 Å². The molecule has 0 fully saturated rings. The van der Waals surface area contributed by atoms with Gasteiger partial charge in [-0.25, -0.2) is 9.07 Å². The molecule has 0 atom stereocenters. The maximum atomic E-state index is 13.4. The number of benzene rings is 2. The van der Waals surface area contributed by atoms with Gasteiger partial charge in [0.1, 0.15) is 5.82 Å². The van der Waals surface area contributed by atoms with Crippen molar-refractivity contribution in [3.63, 3.8) is 0 Å². The smallest absolute Gasteiger partial charge is 0.206 e. The Hall–Kier alpha value is -3.39. The molecule has 0 unspecified atom stereocenters. The SMILES string of the molecule is C=C(C)CN=c1scc(-c2ccc(F)cc2)n1N=Cc1cc(OC)c(O)c(OC)c1. The van der Waals surface area contributed by atoms with E-state index in [2.05, 4.69) is 16.7 Å². The van der Waals surface area contributed by atoms with Gasteiger partial charge >= 0.3 is 0 Å². The maximum Gasteiger partial charge on any atom is 0.206 e. The van der Waals surface area contributed by atoms with Crippen molar-refractivity contribution >= 4 is 17.6 Å². The standard InChI is InChI=1S/C22H22FN3O3S/c1-14(2)11-24-22-26(18(13-30-22)16-5-7-17(23)8-6-16)25-12-15-9-19(28-3)21(27)20(10-15)29-4/h5-10,12-13,27H,1,11H2,2-4H3. The number of hydrogen-bond donors (Lipinski definition) is 1. The Kier molecular flexibility index (Phi) is 6.68. The van der Waals surface area contributed by atoms with Gasteiger partial charge in [-0.05, 0) is 43.3 Å². The van der Waals surface area contributed by atoms with Crippen LogP contribution in [0.15, 0.2) is 64.0 Å². The summed E-state index contributed by atoms with van der Waals surface area (Å²) in [5, 5.41) is 16.6. The van der Waals surface area contributed by atoms with Crippen LogP contribution in [0.2, 0.25) is 0 Å². The van der Waals surface area contributed by atoms with Crippen LogP contribution in [0.1, 0.15) is 12.5 Å². The van der Waals surface area contributed by atoms with E-state index in [4.69, 9.17) is 9.47 Å². The third-order valence-electron chi connectivity index (χ3n) is 4.13. The molecule has 0 bridgehead atoms. The van der Waals surface area contributed by atoms with Crippen molar-refractivity contribution in [2.75, 3.05) is 20.8 Å². The van der Waals surface area contributed by atoms with Crippen LogP contribution < -0.4 is 14.3 Å². The lowest BCUT2D eigenvalue weighted by molar-refractivity contribution is 0.340. The normalized spacial score (nSPS) is 11.8. The van der Waals surface area contributed by atoms with Crippen LogP contribution in [-0.4, -0.2) is 36.8 Å². The van der Waals surface area contributed by atoms with Crippen molar-refractivity contribution < 1.29 is 19.0 Å². The van der Waals surface area contributed by atoms with Crippen LogP contribution in [0.3, 0.4) is 0 Å². The van der Waals surface area contributed by atoms with Crippen molar-refractivity contribution in [2.45, 2.75) is 6.92 Å². The van der Waals surface area contributed by atoms with Gasteiger partial charge in [0.2, 0.25) is 10.6 Å². The number of phenolic OH excluding ortho intramolecular Hbond substituents is 1. The highest BCUT2D eigenvalue weighted by Gasteiger charge is 2.11. The van der Waals surface area contributed by atoms with Crippen LogP contribution in [0.5, 0.6) is 17.2 Å². The van der Waals surface area contributed by atoms with Crippen LogP contribution >= 0.6 is 11.3 Å². The van der Waals surface area contributed by atoms with Crippen molar-refractivity contribution in [1.82, 2.24) is 4.68 Å². The fourth-order valence-electron chi connectivity index (χ4n) is 2.65. The Balaban J connectivity index is 2.09. The average Bonchev–Trinajstić information content (AvgIpc) is 3.14. The quantitative estimate of drug-likeness (QED) is 0.448. The van der Waals surface area contributed by atoms with Crippen LogP contribution in [0.25, 0.3) is 11.3 Å². The molecule has 1 aromatic heterocycles. The predicted molar refractivity (Wildman–Crippen MR) is 117 cm³/mol. The van der Waals surface area contributed by atoms with Crippen molar-refractivity contribution in [1.29, 1.82) is 0 Å². The molecule has 0 saturated carbocycles. The van der Waals surface area contributed by atoms with E-state index in [9.17, 15) is 9.50 Å². The molecule has 0 radical (unpaired) electrons. The first-order valence-electron chi connectivity index (χ1n) is 9.03. The summed E-state index contributed by atoms with van der Waals surface area (Å²) in [6, 6.07) is 9.49. The molecular weight excluding hydrogens is 405 g/mol. The summed E-state index contributed by atoms with van der Waals surface area (Å²) in [7, 11) is 2.93. The van der Waals surface area contributed by atoms with Gasteiger partial charge in [-0.2, -0.15) is 5.10 Å². The summed E-state index contributed by atoms with van der Waals surface area (Å²) in [6.45, 7) is 6.26. The number of halogens is 1. The summed E-state index contributed by atoms with van der Waals surface area (Å²) in [4.78, 5) is 5.24. The lowest BCUT2D eigenvalue weighted by Crippen LogP contribution is -2.13. The van der Waals surface area contributed by atoms with E-state index in [1.165, 1.54) is 37.7 Å². The highest BCUT2D eigenvalue weighted by molar-refractivity contribution is 7.07. The molecule has 0 amide bonds. The molecule has 0 aliphatic rings. The number of aromatic hydroxyl groups is 1. The molecule has 2 aromatic carbocycles. The molecule has 3 aromatic rings. The summed E-state index contributed by atoms with van der Waals surface area (Å²) in [6.07, 6.45) is 1.62. The van der Waals surface area contributed by atoms with Gasteiger partial charge in [0, 0.05) is 16.5 Å². The maximum absolute atomic E-state index is 13.4. The molecule has 6 nitrogen and oxygen atoms in total. The number of hydrogen-bond acceptors (Lipinski definition) is 6. The van der Waals surface area contributed by atoms with Crippen molar-refractivity contribution in [2.24, 2.45) is 10.1 Å². The van der Waals surface area contributed by atoms with E-state index in [-0.39, 0.29) is 23.1 Å². The summed E-state index contributed by atoms with van der Waals surface area (Å²) in [5.74, 6) is 0.165. The lowest BCUT2D eigenvalue weighted by Gasteiger charge is -2.09. The zero-order chi connectivity index (χ0) is 21.7. The summed E-state index contributed by atoms with van der Waals surface area (Å²) < 4.78 is 25.4. The van der Waals surface area contributed by atoms with Crippen LogP contribution in [-0.2, 0) is 0 Å². The molecule has 1 heterocycles. The topological polar surface area (TPSA) is 68.3 Å². The zero-order valence-electron chi connectivity index (χ0n) is 16.9. The minimum atomic E-state index is -0.306. The van der Waals surface area contributed by atoms with Gasteiger partial charge in [-0.1, -0.05) is 12.2 Å². The van der Waals surface area contributed by atoms with Gasteiger partial charge in [-0.15, -0.1) is 11.3 Å². The Morgan fingerprint density at radius 3 is 2.40 bits per heavy atom. The van der Waals surface area contributed by atoms with E-state index in [1.807, 2.05) is 12.3 Å². The molecule has 0 aliphatic carbocycles. The second-order valence-corrected chi connectivity index (χ2v) is 7.35. The van der Waals surface area contributed by atoms with Gasteiger partial charge in [0.05, 0.1) is 32.7 Å². The molecular formula is C22H22FN3O3S. The number of thiazole rings is 1. The first kappa shape index (κ1) is 21.3. The number of rotatable bonds is 7. The second-order valence-electron chi connectivity index (χ2n) is 6.51. The molecule has 30 heavy (non-hydrogen) atoms. The van der Waals surface area contributed by atoms with Gasteiger partial charge in [-0.3, -0.25) is 4.99 Å². The third kappa shape index (κ3) is 4.77. The molecule has 0 spiro atoms. The van der Waals surface area contributed by atoms with E-state index >= 15 is 0 Å². The molecule has 8 heteroatoms. The minimum Gasteiger partial charge on any atom is -0.502 e. The first-order valence-corrected chi connectivity index (χ1v) is 9.91. The zero-order valence-corrected chi connectivity index (χ0v) is 17.7. The predicted octanol–water partition coefficient (Wildman–Crippen LogP) is 4.44. The fourth-order valence-corrected chi connectivity index (χ4v) is 3.49. The highest BCUT2D eigenvalue weighted by atomic mass is 32.1. The third-order valence-corrected chi connectivity index (χ3v) is 4.99. The minimum absolute atomic E-state index is 0.0792. The van der Waals surface area contributed by atoms with Gasteiger partial charge in [0.15, 0.2) is 11.5 Å². The monoisotopic (exact) mass is 427 g/mol. The number of ether oxygens (including phenoxy) is 2. The molecule has 0 saturated heterocycles. The Labute approximate surface area is 177 Å². The number of nitrogens with zero attached hydrogens (tertiary/aromatic N) is 3. The largest absolute Gasteiger partial charge is 0.502 e. The summed E-state index contributed by atoms with van der Waals surface area (Å²) in [5.41, 5.74) is 3.17. The Bertz CT molecular complexity index is 1120. The number of aromatic nitrogens is 1. The average molecular weight is 428 g/mol. The lowest BCUT2D eigenvalue weighted by atomic mass is 10.2. The Morgan fingerprint density at radius 2 is 1.83 bits per heavy atom. The first-order chi connectivity index (χ1) is 14.4. The molecule has 3 rings (SSSR count). The molecule has 0 aliphatic heterocycles. The van der Waals surface area contributed by atoms with E-state index in [0.717, 1.165) is 16.8 Å². The number of phenols is 1. The van der Waals surface area contributed by atoms with Crippen molar-refractivity contribution in [3.8, 4) is 28.5 Å². The molecule has 1 N–H and O–H groups in total. The van der Waals surface area contributed by atoms with Gasteiger partial charge in [0.25, 0.3) is 0 Å². The fraction of sp³-hybridized carbons (Fsp3) is 0.182. The van der Waals surface area contributed by atoms with Crippen LogP contribution in [0, 0.1) is 5.82 Å².